The van der Waals surface area contributed by atoms with Crippen LogP contribution in [0, 0.1) is 0 Å². The summed E-state index contributed by atoms with van der Waals surface area (Å²) < 4.78 is 3.97. The lowest BCUT2D eigenvalue weighted by molar-refractivity contribution is -0.671. The molecule has 0 radical (unpaired) electrons. The first-order chi connectivity index (χ1) is 10.2. The van der Waals surface area contributed by atoms with Crippen LogP contribution in [0.3, 0.4) is 0 Å². The predicted octanol–water partition coefficient (Wildman–Crippen LogP) is 4.14. The van der Waals surface area contributed by atoms with Crippen LogP contribution in [-0.2, 0) is 11.8 Å². The Balaban J connectivity index is 2.28. The fraction of sp³-hybridized carbons (Fsp3) is 0.667. The lowest BCUT2D eigenvalue weighted by Crippen LogP contribution is -2.25. The van der Waals surface area contributed by atoms with Crippen molar-refractivity contribution in [2.24, 2.45) is 7.05 Å². The van der Waals surface area contributed by atoms with Gasteiger partial charge in [-0.25, -0.2) is 9.13 Å². The molecule has 0 amide bonds. The summed E-state index contributed by atoms with van der Waals surface area (Å²) in [5.74, 6) is 0.120. The number of rotatable bonds is 12. The molecule has 1 heterocycles. The number of hydrogen-bond acceptors (Lipinski definition) is 1. The van der Waals surface area contributed by atoms with Crippen LogP contribution in [0.15, 0.2) is 31.4 Å². The van der Waals surface area contributed by atoms with Gasteiger partial charge in [-0.05, 0) is 18.9 Å². The minimum absolute atomic E-state index is 0.0798. The average Bonchev–Trinajstić information content (AvgIpc) is 2.91. The van der Waals surface area contributed by atoms with Crippen LogP contribution in [0.5, 0.6) is 0 Å². The van der Waals surface area contributed by atoms with Crippen molar-refractivity contribution in [3.63, 3.8) is 0 Å². The Morgan fingerprint density at radius 3 is 2.33 bits per heavy atom. The third-order valence-corrected chi connectivity index (χ3v) is 4.01. The van der Waals surface area contributed by atoms with Crippen LogP contribution in [0.4, 0.5) is 0 Å². The van der Waals surface area contributed by atoms with E-state index in [-0.39, 0.29) is 11.8 Å². The molecule has 0 aliphatic heterocycles. The summed E-state index contributed by atoms with van der Waals surface area (Å²) in [4.78, 5) is 12.0. The molecule has 21 heavy (non-hydrogen) atoms. The number of ketones is 1. The van der Waals surface area contributed by atoms with Gasteiger partial charge in [-0.3, -0.25) is 4.79 Å². The SMILES string of the molecule is C=CC(=O)C(CCCCCCCCCC)n1cc[n+](C)c1. The number of aromatic nitrogens is 2. The largest absolute Gasteiger partial charge is 0.290 e. The summed E-state index contributed by atoms with van der Waals surface area (Å²) in [5, 5.41) is 0. The van der Waals surface area contributed by atoms with E-state index in [1.807, 2.05) is 34.9 Å². The molecule has 0 aliphatic carbocycles. The third kappa shape index (κ3) is 6.74. The molecular weight excluding hydrogens is 260 g/mol. The van der Waals surface area contributed by atoms with Gasteiger partial charge >= 0.3 is 0 Å². The van der Waals surface area contributed by atoms with E-state index < -0.39 is 0 Å². The second-order valence-corrected chi connectivity index (χ2v) is 5.91. The van der Waals surface area contributed by atoms with Crippen molar-refractivity contribution >= 4 is 5.78 Å². The van der Waals surface area contributed by atoms with Gasteiger partial charge in [0.15, 0.2) is 11.8 Å². The molecule has 3 nitrogen and oxygen atoms in total. The molecule has 0 saturated carbocycles. The van der Waals surface area contributed by atoms with E-state index in [1.165, 1.54) is 51.0 Å². The Morgan fingerprint density at radius 1 is 1.19 bits per heavy atom. The van der Waals surface area contributed by atoms with Crippen molar-refractivity contribution in [2.75, 3.05) is 0 Å². The molecular formula is C18H31N2O+. The van der Waals surface area contributed by atoms with Gasteiger partial charge in [-0.15, -0.1) is 0 Å². The van der Waals surface area contributed by atoms with Crippen LogP contribution in [-0.4, -0.2) is 10.4 Å². The summed E-state index contributed by atoms with van der Waals surface area (Å²) in [6.45, 7) is 5.88. The molecule has 0 saturated heterocycles. The Morgan fingerprint density at radius 2 is 1.81 bits per heavy atom. The van der Waals surface area contributed by atoms with Crippen molar-refractivity contribution in [1.29, 1.82) is 0 Å². The molecule has 1 atom stereocenters. The van der Waals surface area contributed by atoms with E-state index in [2.05, 4.69) is 13.5 Å². The molecule has 0 bridgehead atoms. The molecule has 1 rings (SSSR count). The third-order valence-electron chi connectivity index (χ3n) is 4.01. The number of aryl methyl sites for hydroxylation is 1. The molecule has 118 valence electrons. The van der Waals surface area contributed by atoms with Gasteiger partial charge in [0.25, 0.3) is 0 Å². The summed E-state index contributed by atoms with van der Waals surface area (Å²) >= 11 is 0. The van der Waals surface area contributed by atoms with E-state index in [1.54, 1.807) is 0 Å². The Hall–Kier alpha value is -1.38. The van der Waals surface area contributed by atoms with Crippen molar-refractivity contribution in [3.05, 3.63) is 31.4 Å². The van der Waals surface area contributed by atoms with E-state index in [0.29, 0.717) is 0 Å². The van der Waals surface area contributed by atoms with Crippen LogP contribution in [0.1, 0.15) is 70.8 Å². The Kier molecular flexibility index (Phi) is 8.72. The van der Waals surface area contributed by atoms with Crippen LogP contribution in [0.25, 0.3) is 0 Å². The van der Waals surface area contributed by atoms with E-state index in [4.69, 9.17) is 0 Å². The van der Waals surface area contributed by atoms with Crippen molar-refractivity contribution in [3.8, 4) is 0 Å². The van der Waals surface area contributed by atoms with E-state index in [9.17, 15) is 4.79 Å². The quantitative estimate of drug-likeness (QED) is 0.323. The second-order valence-electron chi connectivity index (χ2n) is 5.91. The zero-order valence-corrected chi connectivity index (χ0v) is 13.8. The Labute approximate surface area is 129 Å². The number of nitrogens with zero attached hydrogens (tertiary/aromatic N) is 2. The van der Waals surface area contributed by atoms with Gasteiger partial charge in [0, 0.05) is 0 Å². The molecule has 0 spiro atoms. The Bertz CT molecular complexity index is 423. The lowest BCUT2D eigenvalue weighted by Gasteiger charge is -2.10. The standard InChI is InChI=1S/C18H31N2O/c1-4-6-7-8-9-10-11-12-13-17(18(21)5-2)20-15-14-19(3)16-20/h5,14-17H,2,4,6-13H2,1,3H3/q+1. The molecule has 0 fully saturated rings. The van der Waals surface area contributed by atoms with Crippen molar-refractivity contribution in [1.82, 2.24) is 4.57 Å². The number of carbonyl (C=O) groups is 1. The zero-order chi connectivity index (χ0) is 15.5. The summed E-state index contributed by atoms with van der Waals surface area (Å²) in [5.41, 5.74) is 0. The van der Waals surface area contributed by atoms with Gasteiger partial charge in [0.1, 0.15) is 12.4 Å². The minimum Gasteiger partial charge on any atom is -0.290 e. The maximum absolute atomic E-state index is 12.0. The van der Waals surface area contributed by atoms with Crippen LogP contribution in [0.2, 0.25) is 0 Å². The zero-order valence-electron chi connectivity index (χ0n) is 13.8. The lowest BCUT2D eigenvalue weighted by atomic mass is 10.0. The average molecular weight is 291 g/mol. The number of unbranched alkanes of at least 4 members (excludes halogenated alkanes) is 7. The molecule has 1 aromatic heterocycles. The second kappa shape index (κ2) is 10.4. The van der Waals surface area contributed by atoms with Gasteiger partial charge in [0.05, 0.1) is 7.05 Å². The molecule has 3 heteroatoms. The van der Waals surface area contributed by atoms with E-state index in [0.717, 1.165) is 12.8 Å². The van der Waals surface area contributed by atoms with Gasteiger partial charge in [0.2, 0.25) is 6.33 Å². The molecule has 1 unspecified atom stereocenters. The molecule has 0 aliphatic rings. The first-order valence-electron chi connectivity index (χ1n) is 8.38. The summed E-state index contributed by atoms with van der Waals surface area (Å²) in [6, 6.07) is -0.0798. The first-order valence-corrected chi connectivity index (χ1v) is 8.38. The fourth-order valence-corrected chi connectivity index (χ4v) is 2.70. The molecule has 1 aromatic rings. The highest BCUT2D eigenvalue weighted by Crippen LogP contribution is 2.18. The highest BCUT2D eigenvalue weighted by Gasteiger charge is 2.21. The summed E-state index contributed by atoms with van der Waals surface area (Å²) in [7, 11) is 1.97. The summed E-state index contributed by atoms with van der Waals surface area (Å²) in [6.07, 6.45) is 18.6. The number of carbonyl (C=O) groups excluding carboxylic acids is 1. The maximum atomic E-state index is 12.0. The monoisotopic (exact) mass is 291 g/mol. The van der Waals surface area contributed by atoms with Gasteiger partial charge in [-0.2, -0.15) is 0 Å². The van der Waals surface area contributed by atoms with Gasteiger partial charge in [-0.1, -0.05) is 58.4 Å². The normalized spacial score (nSPS) is 12.3. The number of allylic oxidation sites excluding steroid dienone is 1. The maximum Gasteiger partial charge on any atom is 0.244 e. The van der Waals surface area contributed by atoms with Crippen molar-refractivity contribution in [2.45, 2.75) is 70.8 Å². The highest BCUT2D eigenvalue weighted by atomic mass is 16.1. The highest BCUT2D eigenvalue weighted by molar-refractivity contribution is 5.92. The fourth-order valence-electron chi connectivity index (χ4n) is 2.70. The number of imidazole rings is 1. The van der Waals surface area contributed by atoms with Crippen molar-refractivity contribution < 1.29 is 9.36 Å². The topological polar surface area (TPSA) is 25.9 Å². The molecule has 0 N–H and O–H groups in total. The van der Waals surface area contributed by atoms with Crippen LogP contribution >= 0.6 is 0 Å². The van der Waals surface area contributed by atoms with E-state index >= 15 is 0 Å². The predicted molar refractivity (Wildman–Crippen MR) is 87.1 cm³/mol. The smallest absolute Gasteiger partial charge is 0.244 e. The minimum atomic E-state index is -0.0798. The van der Waals surface area contributed by atoms with Crippen LogP contribution < -0.4 is 4.57 Å². The number of hydrogen-bond donors (Lipinski definition) is 0. The van der Waals surface area contributed by atoms with Gasteiger partial charge < -0.3 is 0 Å². The first kappa shape index (κ1) is 17.7. The molecule has 0 aromatic carbocycles.